The number of benzene rings is 1. The first-order valence-electron chi connectivity index (χ1n) is 12.6. The van der Waals surface area contributed by atoms with E-state index < -0.39 is 5.54 Å². The predicted molar refractivity (Wildman–Crippen MR) is 127 cm³/mol. The van der Waals surface area contributed by atoms with Crippen molar-refractivity contribution >= 4 is 5.91 Å². The van der Waals surface area contributed by atoms with E-state index in [-0.39, 0.29) is 24.0 Å². The van der Waals surface area contributed by atoms with Gasteiger partial charge in [0, 0.05) is 12.5 Å². The van der Waals surface area contributed by atoms with E-state index in [1.165, 1.54) is 30.4 Å². The second kappa shape index (κ2) is 8.14. The van der Waals surface area contributed by atoms with Gasteiger partial charge in [0.2, 0.25) is 5.89 Å². The molecule has 3 aliphatic carbocycles. The highest BCUT2D eigenvalue weighted by Crippen LogP contribution is 2.61. The minimum atomic E-state index is -0.816. The molecule has 2 saturated carbocycles. The Balaban J connectivity index is 1.43. The van der Waals surface area contributed by atoms with Crippen molar-refractivity contribution < 1.29 is 13.9 Å². The van der Waals surface area contributed by atoms with Gasteiger partial charge in [-0.15, -0.1) is 0 Å². The molecule has 6 heteroatoms. The summed E-state index contributed by atoms with van der Waals surface area (Å²) in [6.45, 7) is 4.18. The number of aromatic nitrogens is 1. The molecule has 1 N–H and O–H groups in total. The number of aryl methyl sites for hydroxylation is 1. The molecule has 1 aromatic carbocycles. The van der Waals surface area contributed by atoms with Gasteiger partial charge >= 0.3 is 0 Å². The summed E-state index contributed by atoms with van der Waals surface area (Å²) >= 11 is 0. The van der Waals surface area contributed by atoms with Crippen LogP contribution in [0.2, 0.25) is 0 Å². The molecule has 4 aliphatic rings. The van der Waals surface area contributed by atoms with E-state index in [9.17, 15) is 4.79 Å². The van der Waals surface area contributed by atoms with Crippen molar-refractivity contribution in [1.82, 2.24) is 15.2 Å². The molecule has 2 spiro atoms. The third-order valence-corrected chi connectivity index (χ3v) is 8.75. The fourth-order valence-electron chi connectivity index (χ4n) is 6.68. The minimum absolute atomic E-state index is 0.0609. The predicted octanol–water partition coefficient (Wildman–Crippen LogP) is 4.60. The maximum Gasteiger partial charge on any atom is 0.260 e. The minimum Gasteiger partial charge on any atom is -0.447 e. The summed E-state index contributed by atoms with van der Waals surface area (Å²) in [6, 6.07) is 6.87. The van der Waals surface area contributed by atoms with E-state index >= 15 is 0 Å². The van der Waals surface area contributed by atoms with E-state index in [1.807, 2.05) is 0 Å². The van der Waals surface area contributed by atoms with Gasteiger partial charge in [-0.1, -0.05) is 43.4 Å². The van der Waals surface area contributed by atoms with Crippen LogP contribution in [0.5, 0.6) is 0 Å². The second-order valence-corrected chi connectivity index (χ2v) is 10.6. The van der Waals surface area contributed by atoms with Crippen LogP contribution < -0.4 is 5.32 Å². The van der Waals surface area contributed by atoms with Crippen LogP contribution in [0.25, 0.3) is 0 Å². The molecule has 1 atom stereocenters. The summed E-state index contributed by atoms with van der Waals surface area (Å²) in [5, 5.41) is 3.69. The van der Waals surface area contributed by atoms with Crippen LogP contribution in [0.1, 0.15) is 67.5 Å². The molecule has 0 radical (unpaired) electrons. The van der Waals surface area contributed by atoms with E-state index in [2.05, 4.69) is 40.8 Å². The lowest BCUT2D eigenvalue weighted by molar-refractivity contribution is -0.139. The van der Waals surface area contributed by atoms with Crippen molar-refractivity contribution in [2.45, 2.75) is 76.0 Å². The van der Waals surface area contributed by atoms with Crippen molar-refractivity contribution in [1.29, 1.82) is 0 Å². The van der Waals surface area contributed by atoms with Crippen molar-refractivity contribution in [3.8, 4) is 0 Å². The smallest absolute Gasteiger partial charge is 0.260 e. The Labute approximate surface area is 201 Å². The number of carbonyl (C=O) groups excluding carboxylic acids is 1. The standard InChI is InChI=1S/C28H33N3O3/c1-3-24-30-28(26(32)31(24)18-25-29-14-15-34-25)23-16-20(7-6-19-4-5-19)8-9-21(23)17-27(28)12-10-22(33-2)11-13-27/h8-9,14-16,19,22,30H,1,4-7,10-13,17-18H2,2H3. The van der Waals surface area contributed by atoms with E-state index in [4.69, 9.17) is 9.15 Å². The maximum atomic E-state index is 14.5. The summed E-state index contributed by atoms with van der Waals surface area (Å²) in [4.78, 5) is 20.5. The first kappa shape index (κ1) is 21.7. The van der Waals surface area contributed by atoms with Crippen LogP contribution in [0, 0.1) is 11.3 Å². The summed E-state index contributed by atoms with van der Waals surface area (Å²) in [7, 11) is 1.80. The van der Waals surface area contributed by atoms with Crippen molar-refractivity contribution in [3.05, 3.63) is 71.4 Å². The highest BCUT2D eigenvalue weighted by molar-refractivity contribution is 5.94. The zero-order valence-electron chi connectivity index (χ0n) is 19.9. The molecule has 1 aliphatic heterocycles. The third kappa shape index (κ3) is 3.27. The monoisotopic (exact) mass is 459 g/mol. The SMILES string of the molecule is C=C=C1NC2(C(=O)N1Cc1ncco1)c1cc(CCC3CC3)ccc1CC21CCC(OC)CC1. The Kier molecular flexibility index (Phi) is 5.20. The lowest BCUT2D eigenvalue weighted by atomic mass is 9.61. The lowest BCUT2D eigenvalue weighted by Gasteiger charge is -2.46. The van der Waals surface area contributed by atoms with Gasteiger partial charge in [-0.3, -0.25) is 9.69 Å². The number of fused-ring (bicyclic) bond motifs is 3. The Hall–Kier alpha value is -2.82. The molecule has 1 saturated heterocycles. The molecule has 2 aromatic rings. The first-order valence-corrected chi connectivity index (χ1v) is 12.6. The lowest BCUT2D eigenvalue weighted by Crippen LogP contribution is -2.56. The highest BCUT2D eigenvalue weighted by atomic mass is 16.5. The van der Waals surface area contributed by atoms with E-state index in [1.54, 1.807) is 24.5 Å². The summed E-state index contributed by atoms with van der Waals surface area (Å²) in [5.74, 6) is 2.07. The average molecular weight is 460 g/mol. The molecule has 1 amide bonds. The first-order chi connectivity index (χ1) is 16.6. The molecule has 1 unspecified atom stereocenters. The molecular weight excluding hydrogens is 426 g/mol. The van der Waals surface area contributed by atoms with E-state index in [0.717, 1.165) is 50.0 Å². The topological polar surface area (TPSA) is 67.6 Å². The molecule has 1 aromatic heterocycles. The number of ether oxygens (including phenoxy) is 1. The van der Waals surface area contributed by atoms with Crippen molar-refractivity contribution in [2.75, 3.05) is 7.11 Å². The van der Waals surface area contributed by atoms with Crippen LogP contribution in [-0.2, 0) is 34.5 Å². The fourth-order valence-corrected chi connectivity index (χ4v) is 6.68. The van der Waals surface area contributed by atoms with Crippen LogP contribution in [0.4, 0.5) is 0 Å². The fraction of sp³-hybridized carbons (Fsp3) is 0.536. The number of hydrogen-bond acceptors (Lipinski definition) is 5. The van der Waals surface area contributed by atoms with Gasteiger partial charge in [-0.25, -0.2) is 4.98 Å². The van der Waals surface area contributed by atoms with Gasteiger partial charge in [0.25, 0.3) is 5.91 Å². The number of nitrogens with one attached hydrogen (secondary N) is 1. The number of oxazole rings is 1. The van der Waals surface area contributed by atoms with Crippen LogP contribution in [-0.4, -0.2) is 29.0 Å². The number of rotatable bonds is 6. The van der Waals surface area contributed by atoms with Gasteiger partial charge in [0.1, 0.15) is 12.8 Å². The second-order valence-electron chi connectivity index (χ2n) is 10.6. The molecule has 3 fully saturated rings. The largest absolute Gasteiger partial charge is 0.447 e. The van der Waals surface area contributed by atoms with Crippen molar-refractivity contribution in [3.63, 3.8) is 0 Å². The van der Waals surface area contributed by atoms with Gasteiger partial charge in [-0.2, -0.15) is 0 Å². The zero-order chi connectivity index (χ0) is 23.3. The highest BCUT2D eigenvalue weighted by Gasteiger charge is 2.67. The van der Waals surface area contributed by atoms with Crippen LogP contribution in [0.15, 0.2) is 53.2 Å². The molecule has 6 rings (SSSR count). The van der Waals surface area contributed by atoms with Crippen LogP contribution in [0.3, 0.4) is 0 Å². The molecule has 6 nitrogen and oxygen atoms in total. The molecule has 34 heavy (non-hydrogen) atoms. The molecule has 0 bridgehead atoms. The number of carbonyl (C=O) groups is 1. The van der Waals surface area contributed by atoms with Gasteiger partial charge < -0.3 is 14.5 Å². The third-order valence-electron chi connectivity index (χ3n) is 8.75. The van der Waals surface area contributed by atoms with Gasteiger partial charge in [-0.05, 0) is 67.6 Å². The average Bonchev–Trinajstić information content (AvgIpc) is 3.37. The van der Waals surface area contributed by atoms with Crippen LogP contribution >= 0.6 is 0 Å². The van der Waals surface area contributed by atoms with E-state index in [0.29, 0.717) is 11.7 Å². The molecule has 2 heterocycles. The molecular formula is C28H33N3O3. The number of methoxy groups -OCH3 is 1. The summed E-state index contributed by atoms with van der Waals surface area (Å²) in [5.41, 5.74) is 5.75. The maximum absolute atomic E-state index is 14.5. The quantitative estimate of drug-likeness (QED) is 0.640. The Morgan fingerprint density at radius 1 is 1.29 bits per heavy atom. The molecule has 178 valence electrons. The van der Waals surface area contributed by atoms with Gasteiger partial charge in [0.15, 0.2) is 11.4 Å². The number of amides is 1. The number of hydrogen-bond donors (Lipinski definition) is 1. The Morgan fingerprint density at radius 2 is 2.12 bits per heavy atom. The normalized spacial score (nSPS) is 30.1. The summed E-state index contributed by atoms with van der Waals surface area (Å²) in [6.07, 6.45) is 13.2. The summed E-state index contributed by atoms with van der Waals surface area (Å²) < 4.78 is 11.2. The Bertz CT molecular complexity index is 1140. The van der Waals surface area contributed by atoms with Gasteiger partial charge in [0.05, 0.1) is 12.3 Å². The number of nitrogens with zero attached hydrogens (tertiary/aromatic N) is 2. The van der Waals surface area contributed by atoms with Crippen molar-refractivity contribution in [2.24, 2.45) is 11.3 Å². The Morgan fingerprint density at radius 3 is 2.79 bits per heavy atom. The zero-order valence-corrected chi connectivity index (χ0v) is 19.9.